The third-order valence-electron chi connectivity index (χ3n) is 5.15. The van der Waals surface area contributed by atoms with E-state index in [-0.39, 0.29) is 5.91 Å². The lowest BCUT2D eigenvalue weighted by molar-refractivity contribution is -0.118. The van der Waals surface area contributed by atoms with Gasteiger partial charge in [0.25, 0.3) is 5.91 Å². The Kier molecular flexibility index (Phi) is 4.36. The van der Waals surface area contributed by atoms with Gasteiger partial charge in [-0.3, -0.25) is 4.79 Å². The predicted octanol–water partition coefficient (Wildman–Crippen LogP) is 4.42. The first kappa shape index (κ1) is 17.6. The second-order valence-electron chi connectivity index (χ2n) is 7.01. The molecule has 3 aromatic rings. The highest BCUT2D eigenvalue weighted by Gasteiger charge is 2.42. The van der Waals surface area contributed by atoms with Crippen LogP contribution >= 0.6 is 11.6 Å². The number of fused-ring (bicyclic) bond motifs is 1. The van der Waals surface area contributed by atoms with Crippen molar-refractivity contribution in [1.29, 1.82) is 0 Å². The number of hydrogen-bond donors (Lipinski definition) is 0. The molecule has 0 spiro atoms. The number of hydrogen-bond acceptors (Lipinski definition) is 2. The summed E-state index contributed by atoms with van der Waals surface area (Å²) in [6.07, 6.45) is 0.861. The van der Waals surface area contributed by atoms with E-state index in [1.807, 2.05) is 65.2 Å². The molecule has 5 heteroatoms. The molecule has 1 atom stereocenters. The van der Waals surface area contributed by atoms with Gasteiger partial charge in [-0.2, -0.15) is 0 Å². The maximum Gasteiger partial charge on any atom is 0.271 e. The first-order valence-electron chi connectivity index (χ1n) is 8.80. The van der Waals surface area contributed by atoms with Gasteiger partial charge < -0.3 is 14.3 Å². The number of carbonyl (C=O) groups excluding carboxylic acids is 2. The fourth-order valence-corrected chi connectivity index (χ4v) is 3.81. The number of rotatable bonds is 4. The molecule has 0 aliphatic carbocycles. The van der Waals surface area contributed by atoms with Crippen LogP contribution in [0.3, 0.4) is 0 Å². The number of halogens is 1. The zero-order valence-electron chi connectivity index (χ0n) is 14.9. The summed E-state index contributed by atoms with van der Waals surface area (Å²) >= 11 is 6.28. The number of nitrogens with zero attached hydrogens (tertiary/aromatic N) is 2. The largest absolute Gasteiger partial charge is 0.334 e. The maximum absolute atomic E-state index is 13.3. The molecule has 4 rings (SSSR count). The molecule has 0 radical (unpaired) electrons. The highest BCUT2D eigenvalue weighted by molar-refractivity contribution is 6.31. The second kappa shape index (κ2) is 6.71. The van der Waals surface area contributed by atoms with Crippen molar-refractivity contribution in [2.75, 3.05) is 0 Å². The first-order valence-corrected chi connectivity index (χ1v) is 9.18. The fraction of sp³-hybridized carbons (Fsp3) is 0.182. The third kappa shape index (κ3) is 2.96. The van der Waals surface area contributed by atoms with Crippen molar-refractivity contribution in [3.63, 3.8) is 0 Å². The van der Waals surface area contributed by atoms with Gasteiger partial charge in [-0.25, -0.2) is 0 Å². The van der Waals surface area contributed by atoms with Gasteiger partial charge in [0.05, 0.1) is 6.54 Å². The van der Waals surface area contributed by atoms with E-state index >= 15 is 0 Å². The van der Waals surface area contributed by atoms with Gasteiger partial charge in [0, 0.05) is 17.3 Å². The summed E-state index contributed by atoms with van der Waals surface area (Å²) in [5.74, 6) is -0.169. The Morgan fingerprint density at radius 2 is 1.67 bits per heavy atom. The number of amides is 1. The van der Waals surface area contributed by atoms with Crippen LogP contribution in [-0.4, -0.2) is 27.2 Å². The van der Waals surface area contributed by atoms with E-state index in [1.165, 1.54) is 0 Å². The molecule has 136 valence electrons. The standard InChI is InChI=1S/C22H19ClN2O2/c1-22(15-26)14-24-19(16-7-3-2-4-8-16)11-12-20(24)21(27)25(22)13-17-9-5-6-10-18(17)23/h2-12,15H,13-14H2,1H3. The van der Waals surface area contributed by atoms with Crippen molar-refractivity contribution in [3.8, 4) is 11.3 Å². The monoisotopic (exact) mass is 378 g/mol. The highest BCUT2D eigenvalue weighted by Crippen LogP contribution is 2.33. The molecule has 4 nitrogen and oxygen atoms in total. The van der Waals surface area contributed by atoms with Gasteiger partial charge in [-0.15, -0.1) is 0 Å². The molecule has 1 aliphatic rings. The van der Waals surface area contributed by atoms with Crippen LogP contribution in [0.4, 0.5) is 0 Å². The highest BCUT2D eigenvalue weighted by atomic mass is 35.5. The Balaban J connectivity index is 1.77. The third-order valence-corrected chi connectivity index (χ3v) is 5.52. The molecule has 0 fully saturated rings. The maximum atomic E-state index is 13.3. The average Bonchev–Trinajstić information content (AvgIpc) is 3.10. The summed E-state index contributed by atoms with van der Waals surface area (Å²) < 4.78 is 1.94. The second-order valence-corrected chi connectivity index (χ2v) is 7.42. The molecule has 1 amide bonds. The van der Waals surface area contributed by atoms with E-state index < -0.39 is 5.54 Å². The van der Waals surface area contributed by atoms with E-state index in [2.05, 4.69) is 0 Å². The van der Waals surface area contributed by atoms with Crippen LogP contribution < -0.4 is 0 Å². The molecule has 1 aromatic heterocycles. The van der Waals surface area contributed by atoms with Gasteiger partial charge in [-0.05, 0) is 36.2 Å². The molecular formula is C22H19ClN2O2. The fourth-order valence-electron chi connectivity index (χ4n) is 3.61. The van der Waals surface area contributed by atoms with Crippen LogP contribution in [0.1, 0.15) is 23.0 Å². The van der Waals surface area contributed by atoms with Gasteiger partial charge in [0.15, 0.2) is 0 Å². The molecular weight excluding hydrogens is 360 g/mol. The number of benzene rings is 2. The summed E-state index contributed by atoms with van der Waals surface area (Å²) in [4.78, 5) is 26.9. The summed E-state index contributed by atoms with van der Waals surface area (Å²) in [5, 5.41) is 0.587. The van der Waals surface area contributed by atoms with Gasteiger partial charge >= 0.3 is 0 Å². The van der Waals surface area contributed by atoms with E-state index in [0.717, 1.165) is 23.1 Å². The molecule has 0 N–H and O–H groups in total. The minimum atomic E-state index is -0.953. The molecule has 1 unspecified atom stereocenters. The van der Waals surface area contributed by atoms with Gasteiger partial charge in [0.1, 0.15) is 17.5 Å². The summed E-state index contributed by atoms with van der Waals surface area (Å²) in [6, 6.07) is 21.0. The molecule has 27 heavy (non-hydrogen) atoms. The minimum Gasteiger partial charge on any atom is -0.334 e. The SMILES string of the molecule is CC1(C=O)Cn2c(ccc2-c2ccccc2)C(=O)N1Cc1ccccc1Cl. The lowest BCUT2D eigenvalue weighted by Gasteiger charge is -2.42. The van der Waals surface area contributed by atoms with Crippen LogP contribution in [0.2, 0.25) is 5.02 Å². The van der Waals surface area contributed by atoms with Crippen molar-refractivity contribution < 1.29 is 9.59 Å². The molecule has 2 heterocycles. The number of aldehydes is 1. The van der Waals surface area contributed by atoms with Crippen molar-refractivity contribution >= 4 is 23.8 Å². The summed E-state index contributed by atoms with van der Waals surface area (Å²) in [5.41, 5.74) is 2.41. The number of aromatic nitrogens is 1. The summed E-state index contributed by atoms with van der Waals surface area (Å²) in [7, 11) is 0. The zero-order chi connectivity index (χ0) is 19.0. The average molecular weight is 379 g/mol. The van der Waals surface area contributed by atoms with Crippen LogP contribution in [0.15, 0.2) is 66.7 Å². The zero-order valence-corrected chi connectivity index (χ0v) is 15.7. The van der Waals surface area contributed by atoms with Crippen LogP contribution in [-0.2, 0) is 17.9 Å². The Morgan fingerprint density at radius 1 is 1.00 bits per heavy atom. The topological polar surface area (TPSA) is 42.3 Å². The van der Waals surface area contributed by atoms with Gasteiger partial charge in [-0.1, -0.05) is 60.1 Å². The molecule has 1 aliphatic heterocycles. The van der Waals surface area contributed by atoms with Crippen LogP contribution in [0.5, 0.6) is 0 Å². The van der Waals surface area contributed by atoms with E-state index in [1.54, 1.807) is 17.9 Å². The first-order chi connectivity index (χ1) is 13.0. The smallest absolute Gasteiger partial charge is 0.271 e. The van der Waals surface area contributed by atoms with Crippen molar-refractivity contribution in [2.45, 2.75) is 25.6 Å². The normalized spacial score (nSPS) is 19.0. The molecule has 2 aromatic carbocycles. The lowest BCUT2D eigenvalue weighted by atomic mass is 9.96. The summed E-state index contributed by atoms with van der Waals surface area (Å²) in [6.45, 7) is 2.49. The predicted molar refractivity (Wildman–Crippen MR) is 106 cm³/mol. The Morgan fingerprint density at radius 3 is 2.37 bits per heavy atom. The Labute approximate surface area is 163 Å². The molecule has 0 bridgehead atoms. The minimum absolute atomic E-state index is 0.169. The molecule has 0 saturated carbocycles. The number of carbonyl (C=O) groups is 2. The quantitative estimate of drug-likeness (QED) is 0.630. The van der Waals surface area contributed by atoms with Crippen molar-refractivity contribution in [2.24, 2.45) is 0 Å². The van der Waals surface area contributed by atoms with Crippen LogP contribution in [0, 0.1) is 0 Å². The van der Waals surface area contributed by atoms with Crippen molar-refractivity contribution in [1.82, 2.24) is 9.47 Å². The Bertz CT molecular complexity index is 1010. The lowest BCUT2D eigenvalue weighted by Crippen LogP contribution is -2.57. The van der Waals surface area contributed by atoms with E-state index in [4.69, 9.17) is 11.6 Å². The van der Waals surface area contributed by atoms with E-state index in [9.17, 15) is 9.59 Å². The van der Waals surface area contributed by atoms with E-state index in [0.29, 0.717) is 23.8 Å². The molecule has 0 saturated heterocycles. The van der Waals surface area contributed by atoms with Crippen molar-refractivity contribution in [3.05, 3.63) is 83.0 Å². The van der Waals surface area contributed by atoms with Crippen LogP contribution in [0.25, 0.3) is 11.3 Å². The Hall–Kier alpha value is -2.85. The van der Waals surface area contributed by atoms with Gasteiger partial charge in [0.2, 0.25) is 0 Å².